The van der Waals surface area contributed by atoms with Gasteiger partial charge in [-0.25, -0.2) is 0 Å². The fourth-order valence-corrected chi connectivity index (χ4v) is 1.70. The van der Waals surface area contributed by atoms with E-state index < -0.39 is 5.60 Å². The highest BCUT2D eigenvalue weighted by molar-refractivity contribution is 7.13. The fourth-order valence-electron chi connectivity index (χ4n) is 1.15. The second kappa shape index (κ2) is 4.28. The quantitative estimate of drug-likeness (QED) is 0.805. The zero-order chi connectivity index (χ0) is 11.6. The minimum Gasteiger partial charge on any atom is -0.388 e. The number of hydrogen-bond acceptors (Lipinski definition) is 7. The van der Waals surface area contributed by atoms with Gasteiger partial charge >= 0.3 is 0 Å². The van der Waals surface area contributed by atoms with Crippen LogP contribution < -0.4 is 5.73 Å². The highest BCUT2D eigenvalue weighted by Gasteiger charge is 2.23. The van der Waals surface area contributed by atoms with Gasteiger partial charge in [-0.2, -0.15) is 4.98 Å². The zero-order valence-electron chi connectivity index (χ0n) is 8.75. The van der Waals surface area contributed by atoms with Gasteiger partial charge in [0, 0.05) is 12.7 Å². The normalized spacial score (nSPS) is 14.9. The number of aliphatic hydroxyl groups is 1. The zero-order valence-corrected chi connectivity index (χ0v) is 9.57. The predicted octanol–water partition coefficient (Wildman–Crippen LogP) is 0.445. The van der Waals surface area contributed by atoms with Crippen LogP contribution in [0.2, 0.25) is 0 Å². The van der Waals surface area contributed by atoms with Gasteiger partial charge < -0.3 is 15.4 Å². The van der Waals surface area contributed by atoms with Gasteiger partial charge in [0.25, 0.3) is 0 Å². The van der Waals surface area contributed by atoms with Gasteiger partial charge in [0.05, 0.1) is 22.4 Å². The van der Waals surface area contributed by atoms with E-state index in [0.717, 1.165) is 4.88 Å². The minimum atomic E-state index is -1.02. The summed E-state index contributed by atoms with van der Waals surface area (Å²) in [5.74, 6) is 0.865. The average Bonchev–Trinajstić information content (AvgIpc) is 2.86. The Morgan fingerprint density at radius 3 is 3.06 bits per heavy atom. The molecule has 7 heteroatoms. The topological polar surface area (TPSA) is 98.1 Å². The first-order valence-electron chi connectivity index (χ1n) is 4.74. The molecule has 1 atom stereocenters. The first kappa shape index (κ1) is 11.2. The van der Waals surface area contributed by atoms with Crippen molar-refractivity contribution >= 4 is 11.3 Å². The summed E-state index contributed by atoms with van der Waals surface area (Å²) >= 11 is 1.43. The van der Waals surface area contributed by atoms with Crippen LogP contribution in [0.4, 0.5) is 0 Å². The van der Waals surface area contributed by atoms with Crippen molar-refractivity contribution in [3.63, 3.8) is 0 Å². The third kappa shape index (κ3) is 2.43. The molecule has 2 aromatic heterocycles. The summed E-state index contributed by atoms with van der Waals surface area (Å²) in [6, 6.07) is 0. The highest BCUT2D eigenvalue weighted by Crippen LogP contribution is 2.20. The van der Waals surface area contributed by atoms with E-state index in [1.165, 1.54) is 11.3 Å². The Morgan fingerprint density at radius 2 is 2.44 bits per heavy atom. The van der Waals surface area contributed by atoms with Crippen molar-refractivity contribution in [2.45, 2.75) is 18.9 Å². The van der Waals surface area contributed by atoms with Crippen molar-refractivity contribution in [1.29, 1.82) is 0 Å². The van der Waals surface area contributed by atoms with Crippen molar-refractivity contribution in [3.05, 3.63) is 17.6 Å². The third-order valence-corrected chi connectivity index (χ3v) is 2.86. The molecule has 2 aromatic rings. The van der Waals surface area contributed by atoms with E-state index in [1.54, 1.807) is 18.6 Å². The molecule has 0 bridgehead atoms. The molecule has 1 unspecified atom stereocenters. The molecule has 86 valence electrons. The van der Waals surface area contributed by atoms with Crippen LogP contribution in [0.15, 0.2) is 16.2 Å². The standard InChI is InChI=1S/C9H12N4O2S/c1-9(14,4-10)2-7-12-8(13-15-7)6-3-11-5-16-6/h3,5,14H,2,4,10H2,1H3. The Balaban J connectivity index is 2.14. The van der Waals surface area contributed by atoms with E-state index in [2.05, 4.69) is 15.1 Å². The van der Waals surface area contributed by atoms with Crippen molar-refractivity contribution in [2.24, 2.45) is 5.73 Å². The van der Waals surface area contributed by atoms with E-state index >= 15 is 0 Å². The summed E-state index contributed by atoms with van der Waals surface area (Å²) in [7, 11) is 0. The van der Waals surface area contributed by atoms with Crippen LogP contribution >= 0.6 is 11.3 Å². The Morgan fingerprint density at radius 1 is 1.62 bits per heavy atom. The largest absolute Gasteiger partial charge is 0.388 e. The van der Waals surface area contributed by atoms with Gasteiger partial charge in [0.15, 0.2) is 0 Å². The molecule has 0 aliphatic heterocycles. The Labute approximate surface area is 96.1 Å². The summed E-state index contributed by atoms with van der Waals surface area (Å²) < 4.78 is 5.03. The van der Waals surface area contributed by atoms with Crippen LogP contribution in [-0.4, -0.2) is 32.4 Å². The SMILES string of the molecule is CC(O)(CN)Cc1nc(-c2cncs2)no1. The molecule has 0 amide bonds. The van der Waals surface area contributed by atoms with Gasteiger partial charge in [-0.3, -0.25) is 4.98 Å². The maximum Gasteiger partial charge on any atom is 0.229 e. The maximum absolute atomic E-state index is 9.75. The van der Waals surface area contributed by atoms with Crippen LogP contribution in [0, 0.1) is 0 Å². The van der Waals surface area contributed by atoms with Crippen LogP contribution in [0.25, 0.3) is 10.7 Å². The van der Waals surface area contributed by atoms with E-state index in [-0.39, 0.29) is 13.0 Å². The molecule has 2 rings (SSSR count). The lowest BCUT2D eigenvalue weighted by atomic mass is 10.0. The molecule has 0 aromatic carbocycles. The Hall–Kier alpha value is -1.31. The lowest BCUT2D eigenvalue weighted by Gasteiger charge is -2.17. The Bertz CT molecular complexity index is 452. The number of nitrogens with two attached hydrogens (primary N) is 1. The first-order valence-corrected chi connectivity index (χ1v) is 5.62. The summed E-state index contributed by atoms with van der Waals surface area (Å²) in [5, 5.41) is 13.6. The highest BCUT2D eigenvalue weighted by atomic mass is 32.1. The lowest BCUT2D eigenvalue weighted by Crippen LogP contribution is -2.36. The number of aromatic nitrogens is 3. The van der Waals surface area contributed by atoms with Crippen LogP contribution in [0.5, 0.6) is 0 Å². The molecule has 0 radical (unpaired) electrons. The molecule has 2 heterocycles. The lowest BCUT2D eigenvalue weighted by molar-refractivity contribution is 0.0610. The van der Waals surface area contributed by atoms with E-state index in [4.69, 9.17) is 10.3 Å². The van der Waals surface area contributed by atoms with Crippen LogP contribution in [-0.2, 0) is 6.42 Å². The smallest absolute Gasteiger partial charge is 0.229 e. The molecule has 0 fully saturated rings. The molecule has 0 saturated heterocycles. The molecule has 3 N–H and O–H groups in total. The molecule has 0 saturated carbocycles. The van der Waals surface area contributed by atoms with Crippen molar-refractivity contribution in [3.8, 4) is 10.7 Å². The molecule has 0 aliphatic rings. The Kier molecular flexibility index (Phi) is 2.99. The molecular formula is C9H12N4O2S. The van der Waals surface area contributed by atoms with Gasteiger partial charge in [0.2, 0.25) is 11.7 Å². The second-order valence-electron chi connectivity index (χ2n) is 3.76. The van der Waals surface area contributed by atoms with Crippen molar-refractivity contribution in [1.82, 2.24) is 15.1 Å². The summed E-state index contributed by atoms with van der Waals surface area (Å²) in [4.78, 5) is 8.92. The molecule has 0 spiro atoms. The second-order valence-corrected chi connectivity index (χ2v) is 4.64. The van der Waals surface area contributed by atoms with Gasteiger partial charge in [-0.15, -0.1) is 11.3 Å². The van der Waals surface area contributed by atoms with Crippen molar-refractivity contribution in [2.75, 3.05) is 6.54 Å². The van der Waals surface area contributed by atoms with E-state index in [1.807, 2.05) is 0 Å². The predicted molar refractivity (Wildman–Crippen MR) is 58.8 cm³/mol. The number of hydrogen-bond donors (Lipinski definition) is 2. The number of nitrogens with zero attached hydrogens (tertiary/aromatic N) is 3. The van der Waals surface area contributed by atoms with Gasteiger partial charge in [-0.05, 0) is 6.92 Å². The third-order valence-electron chi connectivity index (χ3n) is 2.09. The monoisotopic (exact) mass is 240 g/mol. The van der Waals surface area contributed by atoms with Gasteiger partial charge in [0.1, 0.15) is 0 Å². The summed E-state index contributed by atoms with van der Waals surface area (Å²) in [6.07, 6.45) is 1.91. The van der Waals surface area contributed by atoms with Crippen LogP contribution in [0.1, 0.15) is 12.8 Å². The number of rotatable bonds is 4. The molecule has 6 nitrogen and oxygen atoms in total. The summed E-state index contributed by atoms with van der Waals surface area (Å²) in [6.45, 7) is 1.77. The van der Waals surface area contributed by atoms with Gasteiger partial charge in [-0.1, -0.05) is 5.16 Å². The molecular weight excluding hydrogens is 228 g/mol. The minimum absolute atomic E-state index is 0.144. The number of thiazole rings is 1. The fraction of sp³-hybridized carbons (Fsp3) is 0.444. The summed E-state index contributed by atoms with van der Waals surface area (Å²) in [5.41, 5.74) is 6.09. The average molecular weight is 240 g/mol. The van der Waals surface area contributed by atoms with E-state index in [9.17, 15) is 5.11 Å². The maximum atomic E-state index is 9.75. The molecule has 16 heavy (non-hydrogen) atoms. The van der Waals surface area contributed by atoms with Crippen LogP contribution in [0.3, 0.4) is 0 Å². The molecule has 0 aliphatic carbocycles. The van der Waals surface area contributed by atoms with E-state index in [0.29, 0.717) is 11.7 Å². The van der Waals surface area contributed by atoms with Crippen molar-refractivity contribution < 1.29 is 9.63 Å². The first-order chi connectivity index (χ1) is 7.61.